The van der Waals surface area contributed by atoms with E-state index in [1.54, 1.807) is 0 Å². The van der Waals surface area contributed by atoms with Gasteiger partial charge in [-0.25, -0.2) is 0 Å². The van der Waals surface area contributed by atoms with Crippen LogP contribution in [0.25, 0.3) is 0 Å². The van der Waals surface area contributed by atoms with Crippen molar-refractivity contribution in [3.05, 3.63) is 48.6 Å². The Balaban J connectivity index is 1.33. The zero-order valence-corrected chi connectivity index (χ0v) is 66.9. The monoisotopic (exact) mass is 1510 g/mol. The number of carbonyl (C=O) groups is 1. The highest BCUT2D eigenvalue weighted by Gasteiger charge is 2.54. The molecule has 0 saturated carbocycles. The van der Waals surface area contributed by atoms with Gasteiger partial charge >= 0.3 is 0 Å². The fraction of sp³-hybridized carbons (Fsp3) is 0.897. The van der Waals surface area contributed by atoms with Gasteiger partial charge in [-0.15, -0.1) is 0 Å². The molecule has 12 N–H and O–H groups in total. The molecule has 0 spiro atoms. The summed E-state index contributed by atoms with van der Waals surface area (Å²) in [6, 6.07) is -0.890. The van der Waals surface area contributed by atoms with Crippen LogP contribution >= 0.6 is 0 Å². The minimum absolute atomic E-state index is 0.238. The summed E-state index contributed by atoms with van der Waals surface area (Å²) in [5.74, 6) is -0.238. The largest absolute Gasteiger partial charge is 0.394 e. The first-order valence-corrected chi connectivity index (χ1v) is 43.9. The van der Waals surface area contributed by atoms with Crippen LogP contribution in [0.15, 0.2) is 48.6 Å². The van der Waals surface area contributed by atoms with Gasteiger partial charge in [0.05, 0.1) is 38.6 Å². The number of rotatable bonds is 71. The van der Waals surface area contributed by atoms with Crippen LogP contribution in [0.3, 0.4) is 0 Å². The zero-order valence-electron chi connectivity index (χ0n) is 66.9. The minimum Gasteiger partial charge on any atom is -0.394 e. The van der Waals surface area contributed by atoms with Gasteiger partial charge in [-0.2, -0.15) is 0 Å². The van der Waals surface area contributed by atoms with Gasteiger partial charge in [0.1, 0.15) is 73.2 Å². The van der Waals surface area contributed by atoms with E-state index in [2.05, 4.69) is 67.8 Å². The molecule has 622 valence electrons. The molecule has 3 aliphatic rings. The van der Waals surface area contributed by atoms with Crippen molar-refractivity contribution < 1.29 is 89.4 Å². The molecule has 0 aromatic heterocycles. The third-order valence-electron chi connectivity index (χ3n) is 21.9. The number of carbonyl (C=O) groups excluding carboxylic acids is 1. The second-order valence-electron chi connectivity index (χ2n) is 31.3. The van der Waals surface area contributed by atoms with Crippen LogP contribution in [0.1, 0.15) is 367 Å². The lowest BCUT2D eigenvalue weighted by Gasteiger charge is -2.48. The molecule has 0 aromatic rings. The van der Waals surface area contributed by atoms with Gasteiger partial charge in [-0.05, 0) is 51.4 Å². The molecular formula is C87H161NO18. The van der Waals surface area contributed by atoms with Crippen molar-refractivity contribution in [2.45, 2.75) is 471 Å². The van der Waals surface area contributed by atoms with Gasteiger partial charge in [0, 0.05) is 6.42 Å². The normalized spacial score (nSPS) is 25.8. The van der Waals surface area contributed by atoms with Crippen LogP contribution in [-0.4, -0.2) is 193 Å². The Kier molecular flexibility index (Phi) is 62.2. The van der Waals surface area contributed by atoms with Crippen LogP contribution in [0.5, 0.6) is 0 Å². The molecule has 0 radical (unpaired) electrons. The Hall–Kier alpha value is -2.25. The summed E-state index contributed by atoms with van der Waals surface area (Å²) in [5.41, 5.74) is 0. The van der Waals surface area contributed by atoms with E-state index in [0.29, 0.717) is 12.8 Å². The number of hydrogen-bond acceptors (Lipinski definition) is 18. The molecule has 0 bridgehead atoms. The van der Waals surface area contributed by atoms with E-state index in [1.165, 1.54) is 263 Å². The standard InChI is InChI=1S/C87H161NO18/c1-3-5-7-9-11-13-15-17-19-21-23-25-27-29-31-33-34-35-37-38-40-42-44-46-48-50-52-54-56-58-60-62-64-71(92)70(88-75(93)65-63-61-59-57-55-53-51-49-47-45-43-41-39-36-32-30-28-26-24-22-20-18-16-14-12-10-8-6-4-2)69-101-85-81(99)78(96)83(73(67-90)103-85)106-87-82(100)79(97)84(74(68-91)104-87)105-86-80(98)77(95)76(94)72(66-89)102-86/h6,8,12,14,18,20,24,26,70-74,76-87,89-92,94-100H,3-5,7,9-11,13,15-17,19,21-23,25,27-69H2,1-2H3,(H,88,93)/b8-6-,14-12-,20-18-,26-24-. The average Bonchev–Trinajstić information content (AvgIpc) is 0.781. The maximum absolute atomic E-state index is 13.5. The molecule has 3 rings (SSSR count). The maximum atomic E-state index is 13.5. The topological polar surface area (TPSA) is 307 Å². The predicted octanol–water partition coefficient (Wildman–Crippen LogP) is 16.0. The van der Waals surface area contributed by atoms with Crippen molar-refractivity contribution in [3.8, 4) is 0 Å². The van der Waals surface area contributed by atoms with Crippen LogP contribution in [-0.2, 0) is 33.2 Å². The van der Waals surface area contributed by atoms with Crippen LogP contribution in [0.4, 0.5) is 0 Å². The number of hydrogen-bond donors (Lipinski definition) is 12. The number of amides is 1. The van der Waals surface area contributed by atoms with Crippen LogP contribution in [0.2, 0.25) is 0 Å². The minimum atomic E-state index is -1.97. The summed E-state index contributed by atoms with van der Waals surface area (Å²) >= 11 is 0. The third-order valence-corrected chi connectivity index (χ3v) is 21.9. The highest BCUT2D eigenvalue weighted by Crippen LogP contribution is 2.34. The van der Waals surface area contributed by atoms with E-state index in [-0.39, 0.29) is 18.9 Å². The number of ether oxygens (including phenoxy) is 6. The fourth-order valence-corrected chi connectivity index (χ4v) is 15.0. The number of aliphatic hydroxyl groups excluding tert-OH is 11. The first-order valence-electron chi connectivity index (χ1n) is 43.9. The first-order chi connectivity index (χ1) is 51.8. The molecule has 17 unspecified atom stereocenters. The highest BCUT2D eigenvalue weighted by atomic mass is 16.8. The lowest BCUT2D eigenvalue weighted by atomic mass is 9.96. The van der Waals surface area contributed by atoms with E-state index in [0.717, 1.165) is 70.6 Å². The summed E-state index contributed by atoms with van der Waals surface area (Å²) < 4.78 is 34.6. The molecule has 3 aliphatic heterocycles. The number of unbranched alkanes of at least 4 members (excludes halogenated alkanes) is 47. The fourth-order valence-electron chi connectivity index (χ4n) is 15.0. The second-order valence-corrected chi connectivity index (χ2v) is 31.3. The third kappa shape index (κ3) is 46.1. The summed E-state index contributed by atoms with van der Waals surface area (Å²) in [4.78, 5) is 13.5. The Morgan fingerprint density at radius 1 is 0.349 bits per heavy atom. The van der Waals surface area contributed by atoms with Gasteiger partial charge in [0.15, 0.2) is 18.9 Å². The summed E-state index contributed by atoms with van der Waals surface area (Å²) in [5, 5.41) is 121. The van der Waals surface area contributed by atoms with Gasteiger partial charge in [0.25, 0.3) is 0 Å². The van der Waals surface area contributed by atoms with Gasteiger partial charge < -0.3 is 89.9 Å². The van der Waals surface area contributed by atoms with E-state index in [1.807, 2.05) is 0 Å². The van der Waals surface area contributed by atoms with Crippen molar-refractivity contribution in [2.24, 2.45) is 0 Å². The highest BCUT2D eigenvalue weighted by molar-refractivity contribution is 5.76. The van der Waals surface area contributed by atoms with Crippen molar-refractivity contribution in [2.75, 3.05) is 26.4 Å². The van der Waals surface area contributed by atoms with Crippen LogP contribution < -0.4 is 5.32 Å². The Bertz CT molecular complexity index is 2100. The predicted molar refractivity (Wildman–Crippen MR) is 425 cm³/mol. The molecule has 3 heterocycles. The Morgan fingerprint density at radius 3 is 1.02 bits per heavy atom. The molecule has 0 aromatic carbocycles. The van der Waals surface area contributed by atoms with Crippen LogP contribution in [0, 0.1) is 0 Å². The van der Waals surface area contributed by atoms with E-state index < -0.39 is 124 Å². The Morgan fingerprint density at radius 2 is 0.651 bits per heavy atom. The summed E-state index contributed by atoms with van der Waals surface area (Å²) in [7, 11) is 0. The molecule has 19 heteroatoms. The van der Waals surface area contributed by atoms with Crippen molar-refractivity contribution >= 4 is 5.91 Å². The number of aliphatic hydroxyl groups is 11. The molecular weight excluding hydrogens is 1350 g/mol. The molecule has 1 amide bonds. The van der Waals surface area contributed by atoms with E-state index >= 15 is 0 Å². The molecule has 106 heavy (non-hydrogen) atoms. The van der Waals surface area contributed by atoms with Gasteiger partial charge in [-0.3, -0.25) is 4.79 Å². The SMILES string of the molecule is CC/C=C\C/C=C\C/C=C\C/C=C\CCCCCCCCCCCCCCCCCCC(=O)NC(COC1OC(CO)C(OC2OC(CO)C(OC3OC(CO)C(O)C(O)C3O)C(O)C2O)C(O)C1O)C(O)CCCCCCCCCCCCCCCCCCCCCCCCCCCCCCCCCC. The molecule has 3 saturated heterocycles. The lowest BCUT2D eigenvalue weighted by Crippen LogP contribution is -2.66. The van der Waals surface area contributed by atoms with E-state index in [4.69, 9.17) is 28.4 Å². The maximum Gasteiger partial charge on any atom is 0.220 e. The summed E-state index contributed by atoms with van der Waals surface area (Å²) in [6.07, 6.45) is 59.3. The summed E-state index contributed by atoms with van der Waals surface area (Å²) in [6.45, 7) is 1.75. The zero-order chi connectivity index (χ0) is 76.7. The quantitative estimate of drug-likeness (QED) is 0.0199. The van der Waals surface area contributed by atoms with Crippen molar-refractivity contribution in [1.29, 1.82) is 0 Å². The van der Waals surface area contributed by atoms with Crippen molar-refractivity contribution in [1.82, 2.24) is 5.32 Å². The average molecular weight is 1510 g/mol. The molecule has 0 aliphatic carbocycles. The Labute approximate surface area is 643 Å². The van der Waals surface area contributed by atoms with E-state index in [9.17, 15) is 61.0 Å². The number of allylic oxidation sites excluding steroid dienone is 8. The molecule has 17 atom stereocenters. The number of nitrogens with one attached hydrogen (secondary N) is 1. The van der Waals surface area contributed by atoms with Crippen molar-refractivity contribution in [3.63, 3.8) is 0 Å². The molecule has 19 nitrogen and oxygen atoms in total. The first kappa shape index (κ1) is 97.9. The van der Waals surface area contributed by atoms with Gasteiger partial charge in [-0.1, -0.05) is 358 Å². The smallest absolute Gasteiger partial charge is 0.220 e. The molecule has 3 fully saturated rings. The lowest BCUT2D eigenvalue weighted by molar-refractivity contribution is -0.379. The second kappa shape index (κ2) is 67.3. The van der Waals surface area contributed by atoms with Gasteiger partial charge in [0.2, 0.25) is 5.91 Å².